The Morgan fingerprint density at radius 1 is 1.19 bits per heavy atom. The first-order valence-corrected chi connectivity index (χ1v) is 11.8. The quantitative estimate of drug-likeness (QED) is 0.530. The molecule has 31 heavy (non-hydrogen) atoms. The third-order valence-corrected chi connectivity index (χ3v) is 6.60. The molecule has 6 heteroatoms. The molecule has 0 saturated carbocycles. The van der Waals surface area contributed by atoms with Gasteiger partial charge in [0.25, 0.3) is 5.91 Å². The van der Waals surface area contributed by atoms with E-state index in [1.165, 1.54) is 16.9 Å². The molecule has 2 heterocycles. The van der Waals surface area contributed by atoms with Gasteiger partial charge in [0.15, 0.2) is 5.13 Å². The van der Waals surface area contributed by atoms with Crippen molar-refractivity contribution in [2.75, 3.05) is 25.0 Å². The Balaban J connectivity index is 1.35. The predicted molar refractivity (Wildman–Crippen MR) is 126 cm³/mol. The molecule has 1 fully saturated rings. The van der Waals surface area contributed by atoms with Crippen LogP contribution in [-0.4, -0.2) is 41.5 Å². The van der Waals surface area contributed by atoms with Crippen LogP contribution < -0.4 is 5.32 Å². The highest BCUT2D eigenvalue weighted by Gasteiger charge is 2.27. The maximum absolute atomic E-state index is 12.4. The van der Waals surface area contributed by atoms with Gasteiger partial charge in [-0.3, -0.25) is 10.1 Å². The molecular formula is C25H29N3O2S. The lowest BCUT2D eigenvalue weighted by Crippen LogP contribution is -2.41. The van der Waals surface area contributed by atoms with E-state index in [0.29, 0.717) is 16.7 Å². The number of benzene rings is 2. The Morgan fingerprint density at radius 3 is 2.71 bits per heavy atom. The first kappa shape index (κ1) is 21.7. The molecule has 2 aromatic carbocycles. The Labute approximate surface area is 188 Å². The molecule has 1 aliphatic rings. The zero-order chi connectivity index (χ0) is 21.5. The van der Waals surface area contributed by atoms with Crippen LogP contribution in [0.25, 0.3) is 0 Å². The number of rotatable bonds is 8. The smallest absolute Gasteiger partial charge is 0.257 e. The summed E-state index contributed by atoms with van der Waals surface area (Å²) in [6.45, 7) is 5.11. The summed E-state index contributed by atoms with van der Waals surface area (Å²) in [5.74, 6) is -0.137. The molecule has 1 aliphatic heterocycles. The van der Waals surface area contributed by atoms with Gasteiger partial charge >= 0.3 is 0 Å². The van der Waals surface area contributed by atoms with E-state index in [9.17, 15) is 4.79 Å². The summed E-state index contributed by atoms with van der Waals surface area (Å²) in [7, 11) is 0. The van der Waals surface area contributed by atoms with Crippen LogP contribution >= 0.6 is 11.3 Å². The minimum Gasteiger partial charge on any atom is -0.373 e. The molecule has 4 rings (SSSR count). The Hall–Kier alpha value is -2.54. The third kappa shape index (κ3) is 5.79. The average Bonchev–Trinajstić information content (AvgIpc) is 3.33. The molecule has 0 spiro atoms. The number of amides is 1. The second kappa shape index (κ2) is 10.7. The number of hydrogen-bond donors (Lipinski definition) is 1. The van der Waals surface area contributed by atoms with Crippen molar-refractivity contribution in [1.29, 1.82) is 0 Å². The molecule has 0 radical (unpaired) electrons. The number of thiazole rings is 1. The highest BCUT2D eigenvalue weighted by Crippen LogP contribution is 2.31. The van der Waals surface area contributed by atoms with Gasteiger partial charge in [-0.25, -0.2) is 4.98 Å². The fraction of sp³-hybridized carbons (Fsp3) is 0.360. The maximum Gasteiger partial charge on any atom is 0.257 e. The van der Waals surface area contributed by atoms with Crippen LogP contribution in [0.3, 0.4) is 0 Å². The Morgan fingerprint density at radius 2 is 2.00 bits per heavy atom. The van der Waals surface area contributed by atoms with Gasteiger partial charge < -0.3 is 9.64 Å². The lowest BCUT2D eigenvalue weighted by atomic mass is 9.95. The number of ether oxygens (including phenoxy) is 1. The molecular weight excluding hydrogens is 406 g/mol. The van der Waals surface area contributed by atoms with E-state index in [2.05, 4.69) is 52.5 Å². The van der Waals surface area contributed by atoms with Crippen LogP contribution in [0.2, 0.25) is 0 Å². The number of hydrogen-bond acceptors (Lipinski definition) is 5. The number of anilines is 1. The first-order valence-electron chi connectivity index (χ1n) is 10.9. The second-order valence-electron chi connectivity index (χ2n) is 7.82. The van der Waals surface area contributed by atoms with Gasteiger partial charge in [0.05, 0.1) is 6.10 Å². The van der Waals surface area contributed by atoms with Crippen LogP contribution in [0.15, 0.2) is 66.2 Å². The fourth-order valence-corrected chi connectivity index (χ4v) is 4.69. The van der Waals surface area contributed by atoms with Crippen molar-refractivity contribution >= 4 is 22.4 Å². The molecule has 1 amide bonds. The first-order chi connectivity index (χ1) is 15.2. The number of nitrogens with one attached hydrogen (secondary N) is 1. The van der Waals surface area contributed by atoms with Gasteiger partial charge in [-0.1, -0.05) is 49.4 Å². The largest absolute Gasteiger partial charge is 0.373 e. The summed E-state index contributed by atoms with van der Waals surface area (Å²) in [4.78, 5) is 19.1. The molecule has 1 aromatic heterocycles. The average molecular weight is 436 g/mol. The van der Waals surface area contributed by atoms with Gasteiger partial charge in [0, 0.05) is 36.3 Å². The lowest BCUT2D eigenvalue weighted by molar-refractivity contribution is -0.0274. The molecule has 162 valence electrons. The normalized spacial score (nSPS) is 18.8. The monoisotopic (exact) mass is 435 g/mol. The summed E-state index contributed by atoms with van der Waals surface area (Å²) >= 11 is 1.41. The number of carbonyl (C=O) groups is 1. The number of nitrogens with zero attached hydrogens (tertiary/aromatic N) is 2. The fourth-order valence-electron chi connectivity index (χ4n) is 4.16. The molecule has 5 nitrogen and oxygen atoms in total. The van der Waals surface area contributed by atoms with Crippen molar-refractivity contribution in [2.45, 2.75) is 38.3 Å². The van der Waals surface area contributed by atoms with Crippen LogP contribution in [-0.2, 0) is 11.2 Å². The standard InChI is InChI=1S/C25H29N3O2S/c1-2-28(15-12-19-6-4-3-5-7-19)22-13-16-30-23(18-22)20-8-10-21(11-9-20)24(29)27-25-26-14-17-31-25/h3-11,14,17,22-23H,2,12-13,15-16,18H2,1H3,(H,26,27,29)/t22-,23+/m1/s1. The zero-order valence-electron chi connectivity index (χ0n) is 17.9. The summed E-state index contributed by atoms with van der Waals surface area (Å²) in [6.07, 6.45) is 4.86. The van der Waals surface area contributed by atoms with Crippen molar-refractivity contribution in [2.24, 2.45) is 0 Å². The van der Waals surface area contributed by atoms with E-state index in [-0.39, 0.29) is 12.0 Å². The van der Waals surface area contributed by atoms with E-state index < -0.39 is 0 Å². The maximum atomic E-state index is 12.4. The molecule has 0 aliphatic carbocycles. The van der Waals surface area contributed by atoms with Crippen molar-refractivity contribution in [3.8, 4) is 0 Å². The highest BCUT2D eigenvalue weighted by atomic mass is 32.1. The summed E-state index contributed by atoms with van der Waals surface area (Å²) in [6, 6.07) is 19.0. The van der Waals surface area contributed by atoms with Crippen molar-refractivity contribution in [3.63, 3.8) is 0 Å². The van der Waals surface area contributed by atoms with Gasteiger partial charge in [0.1, 0.15) is 0 Å². The molecule has 1 N–H and O–H groups in total. The summed E-state index contributed by atoms with van der Waals surface area (Å²) < 4.78 is 6.10. The Bertz CT molecular complexity index is 945. The molecule has 2 atom stereocenters. The van der Waals surface area contributed by atoms with Crippen molar-refractivity contribution in [3.05, 3.63) is 82.9 Å². The molecule has 1 saturated heterocycles. The van der Waals surface area contributed by atoms with E-state index >= 15 is 0 Å². The second-order valence-corrected chi connectivity index (χ2v) is 8.71. The van der Waals surface area contributed by atoms with Crippen LogP contribution in [0.1, 0.15) is 47.4 Å². The molecule has 0 unspecified atom stereocenters. The predicted octanol–water partition coefficient (Wildman–Crippen LogP) is 5.18. The Kier molecular flexibility index (Phi) is 7.46. The summed E-state index contributed by atoms with van der Waals surface area (Å²) in [5, 5.41) is 5.28. The van der Waals surface area contributed by atoms with Crippen LogP contribution in [0.5, 0.6) is 0 Å². The molecule has 0 bridgehead atoms. The minimum atomic E-state index is -0.137. The molecule has 3 aromatic rings. The number of likely N-dealkylation sites (N-methyl/N-ethyl adjacent to an activating group) is 1. The van der Waals surface area contributed by atoms with Gasteiger partial charge in [-0.15, -0.1) is 11.3 Å². The van der Waals surface area contributed by atoms with E-state index in [1.807, 2.05) is 29.6 Å². The number of aromatic nitrogens is 1. The van der Waals surface area contributed by atoms with E-state index in [0.717, 1.165) is 44.5 Å². The zero-order valence-corrected chi connectivity index (χ0v) is 18.7. The SMILES string of the molecule is CCN(CCc1ccccc1)[C@@H]1CCO[C@H](c2ccc(C(=O)Nc3nccs3)cc2)C1. The van der Waals surface area contributed by atoms with Crippen LogP contribution in [0, 0.1) is 0 Å². The highest BCUT2D eigenvalue weighted by molar-refractivity contribution is 7.13. The van der Waals surface area contributed by atoms with Crippen LogP contribution in [0.4, 0.5) is 5.13 Å². The summed E-state index contributed by atoms with van der Waals surface area (Å²) in [5.41, 5.74) is 3.15. The van der Waals surface area contributed by atoms with Gasteiger partial charge in [-0.05, 0) is 49.1 Å². The van der Waals surface area contributed by atoms with E-state index in [4.69, 9.17) is 4.74 Å². The third-order valence-electron chi connectivity index (χ3n) is 5.91. The van der Waals surface area contributed by atoms with E-state index in [1.54, 1.807) is 6.20 Å². The minimum absolute atomic E-state index is 0.0700. The lowest BCUT2D eigenvalue weighted by Gasteiger charge is -2.37. The number of carbonyl (C=O) groups excluding carboxylic acids is 1. The van der Waals surface area contributed by atoms with Gasteiger partial charge in [0.2, 0.25) is 0 Å². The topological polar surface area (TPSA) is 54.5 Å². The van der Waals surface area contributed by atoms with Gasteiger partial charge in [-0.2, -0.15) is 0 Å². The van der Waals surface area contributed by atoms with Crippen molar-refractivity contribution in [1.82, 2.24) is 9.88 Å². The van der Waals surface area contributed by atoms with Crippen molar-refractivity contribution < 1.29 is 9.53 Å².